The predicted octanol–water partition coefficient (Wildman–Crippen LogP) is 3.64. The highest BCUT2D eigenvalue weighted by Crippen LogP contribution is 2.24. The zero-order chi connectivity index (χ0) is 12.3. The summed E-state index contributed by atoms with van der Waals surface area (Å²) in [5.74, 6) is 0.391. The highest BCUT2D eigenvalue weighted by atomic mass is 35.5. The summed E-state index contributed by atoms with van der Waals surface area (Å²) < 4.78 is 13.7. The van der Waals surface area contributed by atoms with Crippen molar-refractivity contribution < 1.29 is 4.39 Å². The maximum atomic E-state index is 13.7. The van der Waals surface area contributed by atoms with Gasteiger partial charge in [0.25, 0.3) is 0 Å². The smallest absolute Gasteiger partial charge is 0.144 e. The molecule has 1 rings (SSSR count). The molecule has 0 aromatic heterocycles. The minimum Gasteiger partial charge on any atom is -0.328 e. The van der Waals surface area contributed by atoms with Gasteiger partial charge in [-0.1, -0.05) is 37.6 Å². The second-order valence-electron chi connectivity index (χ2n) is 4.68. The van der Waals surface area contributed by atoms with Crippen LogP contribution in [-0.4, -0.2) is 6.04 Å². The van der Waals surface area contributed by atoms with Crippen LogP contribution in [0.1, 0.15) is 26.3 Å². The van der Waals surface area contributed by atoms with Gasteiger partial charge in [-0.3, -0.25) is 0 Å². The van der Waals surface area contributed by atoms with Crippen molar-refractivity contribution in [2.45, 2.75) is 33.2 Å². The maximum absolute atomic E-state index is 13.7. The van der Waals surface area contributed by atoms with E-state index in [2.05, 4.69) is 13.8 Å². The van der Waals surface area contributed by atoms with Crippen molar-refractivity contribution >= 4 is 11.6 Å². The Morgan fingerprint density at radius 2 is 1.94 bits per heavy atom. The molecule has 3 heteroatoms. The molecule has 2 N–H and O–H groups in total. The van der Waals surface area contributed by atoms with Gasteiger partial charge >= 0.3 is 0 Å². The Hall–Kier alpha value is -0.600. The van der Waals surface area contributed by atoms with Gasteiger partial charge in [-0.25, -0.2) is 4.39 Å². The van der Waals surface area contributed by atoms with Crippen molar-refractivity contribution in [1.82, 2.24) is 0 Å². The highest BCUT2D eigenvalue weighted by Gasteiger charge is 2.20. The van der Waals surface area contributed by atoms with Gasteiger partial charge < -0.3 is 5.73 Å². The van der Waals surface area contributed by atoms with Crippen molar-refractivity contribution in [3.8, 4) is 0 Å². The van der Waals surface area contributed by atoms with E-state index in [9.17, 15) is 4.39 Å². The van der Waals surface area contributed by atoms with E-state index in [1.54, 1.807) is 18.2 Å². The lowest BCUT2D eigenvalue weighted by molar-refractivity contribution is 0.326. The average molecular weight is 244 g/mol. The fraction of sp³-hybridized carbons (Fsp3) is 0.538. The van der Waals surface area contributed by atoms with E-state index in [0.29, 0.717) is 17.9 Å². The molecule has 0 aliphatic heterocycles. The molecule has 90 valence electrons. The van der Waals surface area contributed by atoms with Crippen molar-refractivity contribution in [3.63, 3.8) is 0 Å². The van der Waals surface area contributed by atoms with Gasteiger partial charge in [0.1, 0.15) is 5.82 Å². The Morgan fingerprint density at radius 1 is 1.31 bits per heavy atom. The molecule has 0 saturated carbocycles. The van der Waals surface area contributed by atoms with Gasteiger partial charge in [-0.05, 0) is 36.8 Å². The lowest BCUT2D eigenvalue weighted by Crippen LogP contribution is -2.32. The first-order chi connectivity index (χ1) is 7.43. The molecule has 0 aliphatic carbocycles. The largest absolute Gasteiger partial charge is 0.328 e. The van der Waals surface area contributed by atoms with Crippen molar-refractivity contribution in [1.29, 1.82) is 0 Å². The van der Waals surface area contributed by atoms with Gasteiger partial charge in [-0.15, -0.1) is 0 Å². The highest BCUT2D eigenvalue weighted by molar-refractivity contribution is 6.30. The summed E-state index contributed by atoms with van der Waals surface area (Å²) in [4.78, 5) is 0. The van der Waals surface area contributed by atoms with Crippen LogP contribution in [0.3, 0.4) is 0 Å². The zero-order valence-electron chi connectivity index (χ0n) is 10.0. The average Bonchev–Trinajstić information content (AvgIpc) is 2.19. The molecule has 0 aliphatic rings. The third-order valence-electron chi connectivity index (χ3n) is 3.02. The molecule has 1 aromatic carbocycles. The van der Waals surface area contributed by atoms with Gasteiger partial charge in [0, 0.05) is 6.04 Å². The Balaban J connectivity index is 2.90. The number of hydrogen-bond donors (Lipinski definition) is 1. The number of rotatable bonds is 4. The molecule has 2 unspecified atom stereocenters. The second-order valence-corrected chi connectivity index (χ2v) is 5.09. The fourth-order valence-electron chi connectivity index (χ4n) is 1.99. The molecule has 0 spiro atoms. The number of nitrogens with two attached hydrogens (primary N) is 1. The topological polar surface area (TPSA) is 26.0 Å². The Morgan fingerprint density at radius 3 is 2.44 bits per heavy atom. The minimum atomic E-state index is -0.310. The van der Waals surface area contributed by atoms with Crippen LogP contribution in [0, 0.1) is 17.7 Å². The van der Waals surface area contributed by atoms with Gasteiger partial charge in [0.15, 0.2) is 0 Å². The summed E-state index contributed by atoms with van der Waals surface area (Å²) in [6.45, 7) is 6.18. The molecular formula is C13H19ClFN. The molecule has 2 atom stereocenters. The van der Waals surface area contributed by atoms with E-state index in [1.807, 2.05) is 6.92 Å². The third-order valence-corrected chi connectivity index (χ3v) is 3.31. The van der Waals surface area contributed by atoms with Crippen molar-refractivity contribution in [2.75, 3.05) is 0 Å². The van der Waals surface area contributed by atoms with Crippen molar-refractivity contribution in [3.05, 3.63) is 34.6 Å². The Kier molecular flexibility index (Phi) is 4.75. The lowest BCUT2D eigenvalue weighted by atomic mass is 9.84. The van der Waals surface area contributed by atoms with Crippen LogP contribution >= 0.6 is 11.6 Å². The van der Waals surface area contributed by atoms with Crippen LogP contribution < -0.4 is 5.73 Å². The molecular weight excluding hydrogens is 225 g/mol. The summed E-state index contributed by atoms with van der Waals surface area (Å²) in [5, 5.41) is 0.185. The van der Waals surface area contributed by atoms with E-state index in [0.717, 1.165) is 0 Å². The summed E-state index contributed by atoms with van der Waals surface area (Å²) in [5.41, 5.74) is 6.57. The van der Waals surface area contributed by atoms with Crippen LogP contribution in [0.2, 0.25) is 5.02 Å². The molecule has 0 heterocycles. The van der Waals surface area contributed by atoms with Crippen molar-refractivity contribution in [2.24, 2.45) is 17.6 Å². The number of halogens is 2. The first-order valence-electron chi connectivity index (χ1n) is 5.62. The van der Waals surface area contributed by atoms with Gasteiger partial charge in [0.2, 0.25) is 0 Å². The first kappa shape index (κ1) is 13.5. The number of benzene rings is 1. The predicted molar refractivity (Wildman–Crippen MR) is 67.1 cm³/mol. The van der Waals surface area contributed by atoms with Crippen LogP contribution in [-0.2, 0) is 6.42 Å². The molecule has 0 saturated heterocycles. The molecule has 0 bridgehead atoms. The first-order valence-corrected chi connectivity index (χ1v) is 5.99. The standard InChI is InChI=1S/C13H19ClFN/c1-8(2)11(9(3)16)7-10-5-4-6-12(14)13(10)15/h4-6,8-9,11H,7,16H2,1-3H3. The molecule has 0 fully saturated rings. The van der Waals surface area contributed by atoms with E-state index < -0.39 is 0 Å². The summed E-state index contributed by atoms with van der Waals surface area (Å²) in [7, 11) is 0. The van der Waals surface area contributed by atoms with E-state index >= 15 is 0 Å². The van der Waals surface area contributed by atoms with Crippen LogP contribution in [0.25, 0.3) is 0 Å². The number of hydrogen-bond acceptors (Lipinski definition) is 1. The monoisotopic (exact) mass is 243 g/mol. The van der Waals surface area contributed by atoms with Crippen LogP contribution in [0.5, 0.6) is 0 Å². The molecule has 1 aromatic rings. The molecule has 0 amide bonds. The Bertz CT molecular complexity index is 342. The summed E-state index contributed by atoms with van der Waals surface area (Å²) in [6, 6.07) is 5.17. The summed E-state index contributed by atoms with van der Waals surface area (Å²) >= 11 is 5.75. The lowest BCUT2D eigenvalue weighted by Gasteiger charge is -2.25. The molecule has 0 radical (unpaired) electrons. The fourth-order valence-corrected chi connectivity index (χ4v) is 2.18. The van der Waals surface area contributed by atoms with E-state index in [-0.39, 0.29) is 22.8 Å². The second kappa shape index (κ2) is 5.65. The Labute approximate surface area is 102 Å². The van der Waals surface area contributed by atoms with E-state index in [1.165, 1.54) is 0 Å². The van der Waals surface area contributed by atoms with Gasteiger partial charge in [0.05, 0.1) is 5.02 Å². The SMILES string of the molecule is CC(C)C(Cc1cccc(Cl)c1F)C(C)N. The minimum absolute atomic E-state index is 0.0541. The normalized spacial score (nSPS) is 15.2. The van der Waals surface area contributed by atoms with Crippen LogP contribution in [0.15, 0.2) is 18.2 Å². The van der Waals surface area contributed by atoms with E-state index in [4.69, 9.17) is 17.3 Å². The zero-order valence-corrected chi connectivity index (χ0v) is 10.8. The molecule has 16 heavy (non-hydrogen) atoms. The maximum Gasteiger partial charge on any atom is 0.144 e. The van der Waals surface area contributed by atoms with Crippen LogP contribution in [0.4, 0.5) is 4.39 Å². The third kappa shape index (κ3) is 3.19. The summed E-state index contributed by atoms with van der Waals surface area (Å²) in [6.07, 6.45) is 0.641. The molecule has 1 nitrogen and oxygen atoms in total. The quantitative estimate of drug-likeness (QED) is 0.859. The van der Waals surface area contributed by atoms with Gasteiger partial charge in [-0.2, -0.15) is 0 Å².